The number of aliphatic hydroxyl groups is 1. The largest absolute Gasteiger partial charge is 0.507 e. The minimum absolute atomic E-state index is 0. The van der Waals surface area contributed by atoms with Crippen LogP contribution in [0.15, 0.2) is 48.5 Å². The number of rotatable bonds is 5. The summed E-state index contributed by atoms with van der Waals surface area (Å²) in [7, 11) is 0. The van der Waals surface area contributed by atoms with Crippen molar-refractivity contribution < 1.29 is 14.9 Å². The highest BCUT2D eigenvalue weighted by Gasteiger charge is 2.10. The molecule has 0 aliphatic carbocycles. The molecule has 0 unspecified atom stereocenters. The quantitative estimate of drug-likeness (QED) is 0.791. The van der Waals surface area contributed by atoms with E-state index in [4.69, 9.17) is 15.6 Å². The van der Waals surface area contributed by atoms with E-state index in [0.29, 0.717) is 17.9 Å². The van der Waals surface area contributed by atoms with E-state index in [1.54, 1.807) is 12.1 Å². The van der Waals surface area contributed by atoms with Gasteiger partial charge in [-0.3, -0.25) is 0 Å². The Morgan fingerprint density at radius 3 is 2.40 bits per heavy atom. The zero-order valence-corrected chi connectivity index (χ0v) is 11.7. The molecule has 2 rings (SSSR count). The summed E-state index contributed by atoms with van der Waals surface area (Å²) < 4.78 is 5.58. The number of phenolic OH excluding ortho intramolecular Hbond substituents is 1. The van der Waals surface area contributed by atoms with Gasteiger partial charge in [-0.15, -0.1) is 12.4 Å². The third kappa shape index (κ3) is 4.13. The van der Waals surface area contributed by atoms with Gasteiger partial charge < -0.3 is 20.7 Å². The minimum Gasteiger partial charge on any atom is -0.507 e. The topological polar surface area (TPSA) is 75.7 Å². The highest BCUT2D eigenvalue weighted by Crippen LogP contribution is 2.27. The van der Waals surface area contributed by atoms with Gasteiger partial charge in [-0.2, -0.15) is 0 Å². The second-order valence-corrected chi connectivity index (χ2v) is 4.28. The molecular weight excluding hydrogens is 278 g/mol. The van der Waals surface area contributed by atoms with Crippen LogP contribution in [0.1, 0.15) is 17.2 Å². The molecule has 0 spiro atoms. The van der Waals surface area contributed by atoms with Gasteiger partial charge in [-0.05, 0) is 17.7 Å². The van der Waals surface area contributed by atoms with Gasteiger partial charge in [0.05, 0.1) is 12.6 Å². The first-order chi connectivity index (χ1) is 9.20. The van der Waals surface area contributed by atoms with Crippen LogP contribution in [-0.4, -0.2) is 16.8 Å². The molecule has 108 valence electrons. The summed E-state index contributed by atoms with van der Waals surface area (Å²) in [5.41, 5.74) is 7.22. The molecule has 0 aliphatic rings. The lowest BCUT2D eigenvalue weighted by atomic mass is 10.1. The molecule has 4 N–H and O–H groups in total. The van der Waals surface area contributed by atoms with Crippen molar-refractivity contribution >= 4 is 12.4 Å². The molecule has 2 aromatic carbocycles. The van der Waals surface area contributed by atoms with Crippen LogP contribution in [0.3, 0.4) is 0 Å². The van der Waals surface area contributed by atoms with Gasteiger partial charge in [-0.1, -0.05) is 30.3 Å². The fourth-order valence-corrected chi connectivity index (χ4v) is 1.77. The Bertz CT molecular complexity index is 534. The Labute approximate surface area is 124 Å². The summed E-state index contributed by atoms with van der Waals surface area (Å²) in [6.45, 7) is 0.226. The SMILES string of the molecule is Cl.N[C@@H](CO)c1ccc(OCc2ccccc2)cc1O. The number of ether oxygens (including phenoxy) is 1. The average molecular weight is 296 g/mol. The summed E-state index contributed by atoms with van der Waals surface area (Å²) in [5.74, 6) is 0.599. The van der Waals surface area contributed by atoms with Crippen molar-refractivity contribution in [2.45, 2.75) is 12.6 Å². The standard InChI is InChI=1S/C15H17NO3.ClH/c16-14(9-17)13-7-6-12(8-15(13)18)19-10-11-4-2-1-3-5-11;/h1-8,14,17-18H,9-10,16H2;1H/t14-;/m0./s1. The van der Waals surface area contributed by atoms with Crippen molar-refractivity contribution in [3.8, 4) is 11.5 Å². The Balaban J connectivity index is 0.00000200. The summed E-state index contributed by atoms with van der Waals surface area (Å²) in [6, 6.07) is 14.1. The van der Waals surface area contributed by atoms with Crippen molar-refractivity contribution in [2.24, 2.45) is 5.73 Å². The van der Waals surface area contributed by atoms with E-state index in [9.17, 15) is 5.11 Å². The van der Waals surface area contributed by atoms with Crippen molar-refractivity contribution in [1.82, 2.24) is 0 Å². The normalized spacial score (nSPS) is 11.5. The average Bonchev–Trinajstić information content (AvgIpc) is 2.45. The highest BCUT2D eigenvalue weighted by molar-refractivity contribution is 5.85. The van der Waals surface area contributed by atoms with E-state index in [0.717, 1.165) is 5.56 Å². The lowest BCUT2D eigenvalue weighted by molar-refractivity contribution is 0.264. The number of phenols is 1. The Kier molecular flexibility index (Phi) is 6.31. The zero-order valence-electron chi connectivity index (χ0n) is 10.9. The molecule has 0 saturated heterocycles. The second-order valence-electron chi connectivity index (χ2n) is 4.28. The number of aliphatic hydroxyl groups excluding tert-OH is 1. The molecule has 4 nitrogen and oxygen atoms in total. The number of aromatic hydroxyl groups is 1. The van der Waals surface area contributed by atoms with Gasteiger partial charge in [0.15, 0.2) is 0 Å². The molecule has 20 heavy (non-hydrogen) atoms. The Morgan fingerprint density at radius 1 is 1.10 bits per heavy atom. The van der Waals surface area contributed by atoms with Crippen LogP contribution in [0.25, 0.3) is 0 Å². The van der Waals surface area contributed by atoms with E-state index < -0.39 is 6.04 Å². The van der Waals surface area contributed by atoms with Gasteiger partial charge in [0, 0.05) is 11.6 Å². The molecular formula is C15H18ClNO3. The van der Waals surface area contributed by atoms with Crippen LogP contribution in [-0.2, 0) is 6.61 Å². The summed E-state index contributed by atoms with van der Waals surface area (Å²) in [6.07, 6.45) is 0. The molecule has 0 bridgehead atoms. The summed E-state index contributed by atoms with van der Waals surface area (Å²) in [5, 5.41) is 18.8. The van der Waals surface area contributed by atoms with Crippen molar-refractivity contribution in [3.05, 3.63) is 59.7 Å². The monoisotopic (exact) mass is 295 g/mol. The first-order valence-corrected chi connectivity index (χ1v) is 6.07. The van der Waals surface area contributed by atoms with Gasteiger partial charge in [0.2, 0.25) is 0 Å². The predicted molar refractivity (Wildman–Crippen MR) is 80.1 cm³/mol. The van der Waals surface area contributed by atoms with Crippen LogP contribution < -0.4 is 10.5 Å². The van der Waals surface area contributed by atoms with Crippen molar-refractivity contribution in [1.29, 1.82) is 0 Å². The first kappa shape index (κ1) is 16.3. The molecule has 0 radical (unpaired) electrons. The maximum Gasteiger partial charge on any atom is 0.124 e. The molecule has 1 atom stereocenters. The van der Waals surface area contributed by atoms with E-state index in [1.807, 2.05) is 30.3 Å². The molecule has 0 aliphatic heterocycles. The number of halogens is 1. The predicted octanol–water partition coefficient (Wildman–Crippen LogP) is 2.39. The van der Waals surface area contributed by atoms with Crippen LogP contribution in [0.2, 0.25) is 0 Å². The van der Waals surface area contributed by atoms with Crippen LogP contribution >= 0.6 is 12.4 Å². The minimum atomic E-state index is -0.580. The molecule has 0 saturated carbocycles. The third-order valence-electron chi connectivity index (χ3n) is 2.85. The molecule has 0 amide bonds. The molecule has 0 heterocycles. The van der Waals surface area contributed by atoms with Gasteiger partial charge in [-0.25, -0.2) is 0 Å². The van der Waals surface area contributed by atoms with Crippen LogP contribution in [0, 0.1) is 0 Å². The van der Waals surface area contributed by atoms with Crippen LogP contribution in [0.4, 0.5) is 0 Å². The van der Waals surface area contributed by atoms with E-state index >= 15 is 0 Å². The number of nitrogens with two attached hydrogens (primary N) is 1. The maximum atomic E-state index is 9.82. The van der Waals surface area contributed by atoms with Crippen molar-refractivity contribution in [2.75, 3.05) is 6.61 Å². The summed E-state index contributed by atoms with van der Waals surface area (Å²) >= 11 is 0. The first-order valence-electron chi connectivity index (χ1n) is 6.07. The highest BCUT2D eigenvalue weighted by atomic mass is 35.5. The fraction of sp³-hybridized carbons (Fsp3) is 0.200. The van der Waals surface area contributed by atoms with Gasteiger partial charge >= 0.3 is 0 Å². The van der Waals surface area contributed by atoms with E-state index in [2.05, 4.69) is 0 Å². The summed E-state index contributed by atoms with van der Waals surface area (Å²) in [4.78, 5) is 0. The van der Waals surface area contributed by atoms with Gasteiger partial charge in [0.1, 0.15) is 18.1 Å². The number of benzene rings is 2. The Morgan fingerprint density at radius 2 is 1.80 bits per heavy atom. The maximum absolute atomic E-state index is 9.82. The lowest BCUT2D eigenvalue weighted by Crippen LogP contribution is -2.14. The Hall–Kier alpha value is -1.75. The molecule has 5 heteroatoms. The molecule has 2 aromatic rings. The molecule has 0 fully saturated rings. The second kappa shape index (κ2) is 7.75. The number of hydrogen-bond donors (Lipinski definition) is 3. The van der Waals surface area contributed by atoms with E-state index in [1.165, 1.54) is 6.07 Å². The smallest absolute Gasteiger partial charge is 0.124 e. The van der Waals surface area contributed by atoms with Crippen molar-refractivity contribution in [3.63, 3.8) is 0 Å². The zero-order chi connectivity index (χ0) is 13.7. The fourth-order valence-electron chi connectivity index (χ4n) is 1.77. The number of hydrogen-bond acceptors (Lipinski definition) is 4. The molecule has 0 aromatic heterocycles. The lowest BCUT2D eigenvalue weighted by Gasteiger charge is -2.12. The van der Waals surface area contributed by atoms with E-state index in [-0.39, 0.29) is 24.8 Å². The third-order valence-corrected chi connectivity index (χ3v) is 2.85. The van der Waals surface area contributed by atoms with Crippen LogP contribution in [0.5, 0.6) is 11.5 Å². The van der Waals surface area contributed by atoms with Gasteiger partial charge in [0.25, 0.3) is 0 Å².